The van der Waals surface area contributed by atoms with Crippen molar-refractivity contribution < 1.29 is 33.0 Å². The molecule has 1 unspecified atom stereocenters. The van der Waals surface area contributed by atoms with Crippen molar-refractivity contribution in [2.75, 3.05) is 12.3 Å². The Kier molecular flexibility index (Phi) is 5.94. The van der Waals surface area contributed by atoms with Gasteiger partial charge in [0.1, 0.15) is 5.69 Å². The molecular formula is C21H22F3N5O4. The highest BCUT2D eigenvalue weighted by Crippen LogP contribution is 2.39. The van der Waals surface area contributed by atoms with Crippen molar-refractivity contribution in [3.63, 3.8) is 0 Å². The molecule has 33 heavy (non-hydrogen) atoms. The first-order chi connectivity index (χ1) is 15.2. The molecule has 3 rings (SSSR count). The van der Waals surface area contributed by atoms with Gasteiger partial charge < -0.3 is 21.3 Å². The van der Waals surface area contributed by atoms with Gasteiger partial charge in [0.05, 0.1) is 17.5 Å². The van der Waals surface area contributed by atoms with Crippen molar-refractivity contribution in [3.8, 4) is 11.3 Å². The smallest absolute Gasteiger partial charge is 0.389 e. The van der Waals surface area contributed by atoms with Gasteiger partial charge in [0.15, 0.2) is 17.8 Å². The van der Waals surface area contributed by atoms with Crippen molar-refractivity contribution in [2.24, 2.45) is 0 Å². The van der Waals surface area contributed by atoms with Crippen LogP contribution in [-0.2, 0) is 10.4 Å². The fourth-order valence-corrected chi connectivity index (χ4v) is 3.14. The van der Waals surface area contributed by atoms with Crippen molar-refractivity contribution >= 4 is 23.7 Å². The molecule has 12 heteroatoms. The topological polar surface area (TPSA) is 143 Å². The van der Waals surface area contributed by atoms with Crippen molar-refractivity contribution in [2.45, 2.75) is 38.1 Å². The van der Waals surface area contributed by atoms with E-state index in [-0.39, 0.29) is 35.0 Å². The van der Waals surface area contributed by atoms with E-state index in [2.05, 4.69) is 15.3 Å². The summed E-state index contributed by atoms with van der Waals surface area (Å²) in [6.45, 7) is 4.56. The molecule has 0 radical (unpaired) electrons. The molecule has 176 valence electrons. The van der Waals surface area contributed by atoms with E-state index in [1.54, 1.807) is 6.92 Å². The monoisotopic (exact) mass is 465 g/mol. The fourth-order valence-electron chi connectivity index (χ4n) is 3.14. The number of aromatic nitrogens is 3. The zero-order chi connectivity index (χ0) is 24.8. The highest BCUT2D eigenvalue weighted by Gasteiger charge is 2.55. The lowest BCUT2D eigenvalue weighted by Crippen LogP contribution is -2.43. The van der Waals surface area contributed by atoms with Crippen LogP contribution in [0.25, 0.3) is 16.9 Å². The lowest BCUT2D eigenvalue weighted by atomic mass is 9.91. The average molecular weight is 465 g/mol. The van der Waals surface area contributed by atoms with Gasteiger partial charge in [0, 0.05) is 23.9 Å². The van der Waals surface area contributed by atoms with Crippen LogP contribution in [0.3, 0.4) is 0 Å². The molecule has 0 bridgehead atoms. The highest BCUT2D eigenvalue weighted by atomic mass is 19.4. The minimum absolute atomic E-state index is 0.0644. The number of aryl methyl sites for hydroxylation is 1. The number of hydrogen-bond donors (Lipinski definition) is 4. The minimum Gasteiger partial charge on any atom is -0.389 e. The Labute approximate surface area is 186 Å². The first-order valence-corrected chi connectivity index (χ1v) is 9.69. The number of fused-ring (bicyclic) bond motifs is 1. The Bertz CT molecular complexity index is 1230. The summed E-state index contributed by atoms with van der Waals surface area (Å²) < 4.78 is 41.5. The molecular weight excluding hydrogens is 443 g/mol. The molecule has 0 fully saturated rings. The number of aldehydes is 1. The number of alkyl halides is 3. The quantitative estimate of drug-likeness (QED) is 0.406. The standard InChI is InChI=1S/C21H22F3N5O4/c1-11-4-5-12(20(33,10-30)21(22,23)24)6-13(11)15-7-26-17-16(25)28-14(8-29(15)17)18(31)27-9-19(2,3)32/h4-8,10,32-33H,9H2,1-3H3,(H2,25,28)(H,27,31). The first kappa shape index (κ1) is 24.1. The van der Waals surface area contributed by atoms with Crippen LogP contribution in [0.15, 0.2) is 30.6 Å². The lowest BCUT2D eigenvalue weighted by Gasteiger charge is -2.26. The van der Waals surface area contributed by atoms with Gasteiger partial charge in [-0.3, -0.25) is 14.0 Å². The van der Waals surface area contributed by atoms with Crippen LogP contribution in [0, 0.1) is 6.92 Å². The molecule has 0 saturated carbocycles. The van der Waals surface area contributed by atoms with Gasteiger partial charge in [-0.25, -0.2) is 9.97 Å². The average Bonchev–Trinajstić information content (AvgIpc) is 3.14. The van der Waals surface area contributed by atoms with Gasteiger partial charge in [-0.1, -0.05) is 12.1 Å². The van der Waals surface area contributed by atoms with Crippen LogP contribution in [0.5, 0.6) is 0 Å². The Balaban J connectivity index is 2.14. The third-order valence-corrected chi connectivity index (χ3v) is 4.99. The highest BCUT2D eigenvalue weighted by molar-refractivity contribution is 5.93. The molecule has 1 amide bonds. The summed E-state index contributed by atoms with van der Waals surface area (Å²) in [4.78, 5) is 31.8. The van der Waals surface area contributed by atoms with Gasteiger partial charge in [0.2, 0.25) is 5.60 Å². The number of hydrogen-bond acceptors (Lipinski definition) is 7. The maximum Gasteiger partial charge on any atom is 0.428 e. The second-order valence-corrected chi connectivity index (χ2v) is 8.26. The molecule has 1 atom stereocenters. The van der Waals surface area contributed by atoms with E-state index in [0.717, 1.165) is 12.1 Å². The zero-order valence-electron chi connectivity index (χ0n) is 17.9. The molecule has 2 heterocycles. The van der Waals surface area contributed by atoms with Crippen LogP contribution in [0.4, 0.5) is 19.0 Å². The molecule has 0 spiro atoms. The number of anilines is 1. The SMILES string of the molecule is Cc1ccc(C(O)(C=O)C(F)(F)F)cc1-c1cnc2c(N)nc(C(=O)NCC(C)(C)O)cn12. The number of halogens is 3. The first-order valence-electron chi connectivity index (χ1n) is 9.69. The molecule has 0 aliphatic heterocycles. The number of carbonyl (C=O) groups excluding carboxylic acids is 2. The van der Waals surface area contributed by atoms with E-state index in [9.17, 15) is 33.0 Å². The minimum atomic E-state index is -5.24. The number of rotatable bonds is 6. The van der Waals surface area contributed by atoms with Crippen molar-refractivity contribution in [1.82, 2.24) is 19.7 Å². The molecule has 9 nitrogen and oxygen atoms in total. The van der Waals surface area contributed by atoms with Gasteiger partial charge >= 0.3 is 6.18 Å². The summed E-state index contributed by atoms with van der Waals surface area (Å²) in [6, 6.07) is 3.37. The van der Waals surface area contributed by atoms with E-state index < -0.39 is 35.1 Å². The molecule has 5 N–H and O–H groups in total. The molecule has 0 saturated heterocycles. The van der Waals surface area contributed by atoms with Crippen molar-refractivity contribution in [1.29, 1.82) is 0 Å². The van der Waals surface area contributed by atoms with Gasteiger partial charge in [0.25, 0.3) is 5.91 Å². The summed E-state index contributed by atoms with van der Waals surface area (Å²) in [5, 5.41) is 22.3. The number of nitrogens with zero attached hydrogens (tertiary/aromatic N) is 3. The summed E-state index contributed by atoms with van der Waals surface area (Å²) in [7, 11) is 0. The Morgan fingerprint density at radius 3 is 2.52 bits per heavy atom. The van der Waals surface area contributed by atoms with Crippen LogP contribution < -0.4 is 11.1 Å². The van der Waals surface area contributed by atoms with Gasteiger partial charge in [-0.15, -0.1) is 0 Å². The van der Waals surface area contributed by atoms with Gasteiger partial charge in [-0.05, 0) is 32.4 Å². The van der Waals surface area contributed by atoms with Gasteiger partial charge in [-0.2, -0.15) is 13.2 Å². The second-order valence-electron chi connectivity index (χ2n) is 8.26. The Hall–Kier alpha value is -3.51. The Morgan fingerprint density at radius 1 is 1.27 bits per heavy atom. The number of imidazole rings is 1. The Morgan fingerprint density at radius 2 is 1.94 bits per heavy atom. The molecule has 3 aromatic rings. The van der Waals surface area contributed by atoms with Crippen LogP contribution in [0.1, 0.15) is 35.5 Å². The number of carbonyl (C=O) groups is 2. The van der Waals surface area contributed by atoms with E-state index >= 15 is 0 Å². The van der Waals surface area contributed by atoms with Crippen molar-refractivity contribution in [3.05, 3.63) is 47.4 Å². The van der Waals surface area contributed by atoms with Crippen LogP contribution >= 0.6 is 0 Å². The number of aliphatic hydroxyl groups is 2. The molecule has 2 aromatic heterocycles. The number of nitrogens with two attached hydrogens (primary N) is 1. The summed E-state index contributed by atoms with van der Waals surface area (Å²) in [5.74, 6) is -0.742. The third kappa shape index (κ3) is 4.52. The molecule has 0 aliphatic carbocycles. The van der Waals surface area contributed by atoms with Crippen LogP contribution in [-0.4, -0.2) is 55.1 Å². The van der Waals surface area contributed by atoms with E-state index in [4.69, 9.17) is 5.73 Å². The van der Waals surface area contributed by atoms with E-state index in [0.29, 0.717) is 5.56 Å². The molecule has 0 aliphatic rings. The number of amides is 1. The predicted molar refractivity (Wildman–Crippen MR) is 112 cm³/mol. The number of nitrogens with one attached hydrogen (secondary N) is 1. The third-order valence-electron chi connectivity index (χ3n) is 4.99. The number of benzene rings is 1. The zero-order valence-corrected chi connectivity index (χ0v) is 17.9. The normalized spacial score (nSPS) is 14.2. The summed E-state index contributed by atoms with van der Waals surface area (Å²) in [6.07, 6.45) is -3.18. The maximum absolute atomic E-state index is 13.4. The fraction of sp³-hybridized carbons (Fsp3) is 0.333. The largest absolute Gasteiger partial charge is 0.428 e. The van der Waals surface area contributed by atoms with E-state index in [1.165, 1.54) is 36.7 Å². The van der Waals surface area contributed by atoms with Crippen LogP contribution in [0.2, 0.25) is 0 Å². The maximum atomic E-state index is 13.4. The molecule has 1 aromatic carbocycles. The van der Waals surface area contributed by atoms with E-state index in [1.807, 2.05) is 0 Å². The number of nitrogen functional groups attached to an aromatic ring is 1. The summed E-state index contributed by atoms with van der Waals surface area (Å²) >= 11 is 0. The lowest BCUT2D eigenvalue weighted by molar-refractivity contribution is -0.249. The summed E-state index contributed by atoms with van der Waals surface area (Å²) in [5.41, 5.74) is 1.41. The second kappa shape index (κ2) is 8.12. The predicted octanol–water partition coefficient (Wildman–Crippen LogP) is 1.74.